The summed E-state index contributed by atoms with van der Waals surface area (Å²) in [5.74, 6) is 1.93. The highest BCUT2D eigenvalue weighted by molar-refractivity contribution is 5.41. The zero-order chi connectivity index (χ0) is 20.5. The van der Waals surface area contributed by atoms with E-state index in [2.05, 4.69) is 44.8 Å². The van der Waals surface area contributed by atoms with Crippen molar-refractivity contribution in [3.8, 4) is 5.75 Å². The molecule has 1 N–H and O–H groups in total. The average molecular weight is 410 g/mol. The predicted molar refractivity (Wildman–Crippen MR) is 116 cm³/mol. The highest BCUT2D eigenvalue weighted by Gasteiger charge is 2.26. The van der Waals surface area contributed by atoms with Gasteiger partial charge < -0.3 is 14.7 Å². The summed E-state index contributed by atoms with van der Waals surface area (Å²) in [5.41, 5.74) is 5.04. The van der Waals surface area contributed by atoms with Crippen LogP contribution in [0.4, 0.5) is 5.95 Å². The van der Waals surface area contributed by atoms with Crippen molar-refractivity contribution in [2.75, 3.05) is 57.4 Å². The van der Waals surface area contributed by atoms with Crippen LogP contribution in [0, 0.1) is 0 Å². The Morgan fingerprint density at radius 2 is 1.97 bits per heavy atom. The molecule has 0 aliphatic carbocycles. The van der Waals surface area contributed by atoms with Gasteiger partial charge in [-0.3, -0.25) is 9.80 Å². The highest BCUT2D eigenvalue weighted by atomic mass is 16.5. The molecule has 1 aromatic carbocycles. The first-order valence-corrected chi connectivity index (χ1v) is 11.1. The number of anilines is 1. The van der Waals surface area contributed by atoms with Crippen molar-refractivity contribution in [2.24, 2.45) is 0 Å². The van der Waals surface area contributed by atoms with E-state index in [1.165, 1.54) is 22.4 Å². The van der Waals surface area contributed by atoms with Crippen molar-refractivity contribution >= 4 is 5.95 Å². The van der Waals surface area contributed by atoms with Crippen LogP contribution in [0.3, 0.4) is 0 Å². The fourth-order valence-electron chi connectivity index (χ4n) is 4.81. The number of β-amino-alcohol motifs (C(OH)–C–C–N with tert-alkyl or cyclic N) is 1. The van der Waals surface area contributed by atoms with Gasteiger partial charge in [0, 0.05) is 76.5 Å². The van der Waals surface area contributed by atoms with Crippen molar-refractivity contribution in [3.63, 3.8) is 0 Å². The molecule has 1 unspecified atom stereocenters. The first-order chi connectivity index (χ1) is 14.7. The lowest BCUT2D eigenvalue weighted by atomic mass is 10.0. The molecule has 0 radical (unpaired) electrons. The predicted octanol–water partition coefficient (Wildman–Crippen LogP) is 1.65. The highest BCUT2D eigenvalue weighted by Crippen LogP contribution is 2.31. The SMILES string of the molecule is CC(c1ccc2c(c1)OCC2)N1CCN(c2ncc3c(n2)CCN(CCO)C3)CC1. The lowest BCUT2D eigenvalue weighted by molar-refractivity contribution is 0.183. The van der Waals surface area contributed by atoms with Gasteiger partial charge >= 0.3 is 0 Å². The average Bonchev–Trinajstić information content (AvgIpc) is 3.26. The Morgan fingerprint density at radius 1 is 1.10 bits per heavy atom. The number of aliphatic hydroxyl groups excluding tert-OH is 1. The quantitative estimate of drug-likeness (QED) is 0.805. The summed E-state index contributed by atoms with van der Waals surface area (Å²) in [6.07, 6.45) is 3.95. The maximum Gasteiger partial charge on any atom is 0.225 e. The van der Waals surface area contributed by atoms with E-state index in [0.29, 0.717) is 6.04 Å². The van der Waals surface area contributed by atoms with Crippen molar-refractivity contribution in [1.29, 1.82) is 0 Å². The van der Waals surface area contributed by atoms with Gasteiger partial charge in [-0.05, 0) is 24.1 Å². The number of hydrogen-bond donors (Lipinski definition) is 1. The molecule has 0 bridgehead atoms. The van der Waals surface area contributed by atoms with E-state index >= 15 is 0 Å². The van der Waals surface area contributed by atoms with Gasteiger partial charge in [-0.25, -0.2) is 9.97 Å². The Hall–Kier alpha value is -2.22. The van der Waals surface area contributed by atoms with Gasteiger partial charge in [0.25, 0.3) is 0 Å². The molecule has 7 heteroatoms. The minimum Gasteiger partial charge on any atom is -0.493 e. The third-order valence-corrected chi connectivity index (χ3v) is 6.76. The zero-order valence-electron chi connectivity index (χ0n) is 17.8. The summed E-state index contributed by atoms with van der Waals surface area (Å²) in [6, 6.07) is 7.10. The van der Waals surface area contributed by atoms with Gasteiger partial charge in [-0.15, -0.1) is 0 Å². The van der Waals surface area contributed by atoms with Gasteiger partial charge in [0.1, 0.15) is 5.75 Å². The summed E-state index contributed by atoms with van der Waals surface area (Å²) in [4.78, 5) is 16.7. The van der Waals surface area contributed by atoms with E-state index in [1.54, 1.807) is 0 Å². The Bertz CT molecular complexity index is 897. The number of rotatable bonds is 5. The Balaban J connectivity index is 1.21. The van der Waals surface area contributed by atoms with Gasteiger partial charge in [0.15, 0.2) is 0 Å². The summed E-state index contributed by atoms with van der Waals surface area (Å²) in [5, 5.41) is 9.17. The summed E-state index contributed by atoms with van der Waals surface area (Å²) >= 11 is 0. The maximum atomic E-state index is 9.17. The monoisotopic (exact) mass is 409 g/mol. The molecule has 5 rings (SSSR count). The van der Waals surface area contributed by atoms with E-state index in [0.717, 1.165) is 77.0 Å². The number of benzene rings is 1. The molecule has 1 saturated heterocycles. The Labute approximate surface area is 178 Å². The molecule has 1 atom stereocenters. The lowest BCUT2D eigenvalue weighted by Crippen LogP contribution is -2.48. The number of ether oxygens (including phenoxy) is 1. The van der Waals surface area contributed by atoms with Crippen LogP contribution >= 0.6 is 0 Å². The molecular formula is C23H31N5O2. The van der Waals surface area contributed by atoms with E-state index in [1.807, 2.05) is 6.20 Å². The molecule has 3 aliphatic rings. The molecule has 160 valence electrons. The summed E-state index contributed by atoms with van der Waals surface area (Å²) < 4.78 is 5.76. The van der Waals surface area contributed by atoms with Crippen LogP contribution in [0.5, 0.6) is 5.75 Å². The number of fused-ring (bicyclic) bond motifs is 2. The lowest BCUT2D eigenvalue weighted by Gasteiger charge is -2.38. The van der Waals surface area contributed by atoms with Crippen LogP contribution in [-0.4, -0.2) is 77.4 Å². The Morgan fingerprint density at radius 3 is 2.80 bits per heavy atom. The van der Waals surface area contributed by atoms with E-state index < -0.39 is 0 Å². The number of hydrogen-bond acceptors (Lipinski definition) is 7. The minimum absolute atomic E-state index is 0.204. The van der Waals surface area contributed by atoms with Gasteiger partial charge in [-0.2, -0.15) is 0 Å². The second-order valence-electron chi connectivity index (χ2n) is 8.56. The van der Waals surface area contributed by atoms with Gasteiger partial charge in [-0.1, -0.05) is 12.1 Å². The first kappa shape index (κ1) is 19.7. The molecule has 4 heterocycles. The van der Waals surface area contributed by atoms with Crippen LogP contribution in [0.25, 0.3) is 0 Å². The van der Waals surface area contributed by atoms with Crippen LogP contribution < -0.4 is 9.64 Å². The number of aromatic nitrogens is 2. The smallest absolute Gasteiger partial charge is 0.225 e. The van der Waals surface area contributed by atoms with Crippen LogP contribution in [-0.2, 0) is 19.4 Å². The maximum absolute atomic E-state index is 9.17. The normalized spacial score (nSPS) is 20.5. The molecule has 30 heavy (non-hydrogen) atoms. The van der Waals surface area contributed by atoms with Crippen LogP contribution in [0.2, 0.25) is 0 Å². The van der Waals surface area contributed by atoms with Gasteiger partial charge in [0.2, 0.25) is 5.95 Å². The molecule has 7 nitrogen and oxygen atoms in total. The molecular weight excluding hydrogens is 378 g/mol. The van der Waals surface area contributed by atoms with E-state index in [9.17, 15) is 0 Å². The largest absolute Gasteiger partial charge is 0.493 e. The third-order valence-electron chi connectivity index (χ3n) is 6.76. The fraction of sp³-hybridized carbons (Fsp3) is 0.565. The molecule has 0 saturated carbocycles. The van der Waals surface area contributed by atoms with E-state index in [-0.39, 0.29) is 6.61 Å². The Kier molecular flexibility index (Phi) is 5.58. The second-order valence-corrected chi connectivity index (χ2v) is 8.56. The van der Waals surface area contributed by atoms with Gasteiger partial charge in [0.05, 0.1) is 18.9 Å². The zero-order valence-corrected chi connectivity index (χ0v) is 17.8. The summed E-state index contributed by atoms with van der Waals surface area (Å²) in [6.45, 7) is 9.72. The molecule has 1 aromatic heterocycles. The second kappa shape index (κ2) is 8.49. The summed E-state index contributed by atoms with van der Waals surface area (Å²) in [7, 11) is 0. The number of nitrogens with zero attached hydrogens (tertiary/aromatic N) is 5. The van der Waals surface area contributed by atoms with E-state index in [4.69, 9.17) is 14.8 Å². The number of aliphatic hydroxyl groups is 1. The third kappa shape index (κ3) is 3.89. The van der Waals surface area contributed by atoms with Crippen molar-refractivity contribution in [3.05, 3.63) is 46.8 Å². The standard InChI is InChI=1S/C23H31N5O2/c1-17(19-3-2-18-5-13-30-22(18)14-19)27-7-9-28(10-8-27)23-24-15-20-16-26(11-12-29)6-4-21(20)25-23/h2-3,14-15,17,29H,4-13,16H2,1H3. The molecule has 0 amide bonds. The number of piperazine rings is 1. The minimum atomic E-state index is 0.204. The van der Waals surface area contributed by atoms with Crippen molar-refractivity contribution in [1.82, 2.24) is 19.8 Å². The van der Waals surface area contributed by atoms with Crippen molar-refractivity contribution in [2.45, 2.75) is 32.4 Å². The molecule has 1 fully saturated rings. The molecule has 3 aliphatic heterocycles. The molecule has 0 spiro atoms. The first-order valence-electron chi connectivity index (χ1n) is 11.1. The topological polar surface area (TPSA) is 65.0 Å². The molecule has 2 aromatic rings. The van der Waals surface area contributed by atoms with Crippen LogP contribution in [0.1, 0.15) is 35.3 Å². The fourth-order valence-corrected chi connectivity index (χ4v) is 4.81. The van der Waals surface area contributed by atoms with Crippen molar-refractivity contribution < 1.29 is 9.84 Å². The van der Waals surface area contributed by atoms with Crippen LogP contribution in [0.15, 0.2) is 24.4 Å².